The summed E-state index contributed by atoms with van der Waals surface area (Å²) < 4.78 is 0. The third-order valence-corrected chi connectivity index (χ3v) is 3.11. The highest BCUT2D eigenvalue weighted by Crippen LogP contribution is 2.14. The monoisotopic (exact) mass is 291 g/mol. The van der Waals surface area contributed by atoms with Crippen LogP contribution >= 0.6 is 0 Å². The summed E-state index contributed by atoms with van der Waals surface area (Å²) in [7, 11) is 0. The summed E-state index contributed by atoms with van der Waals surface area (Å²) in [5.74, 6) is -1.37. The molecule has 4 nitrogen and oxygen atoms in total. The molecule has 2 aromatic carbocycles. The Hall–Kier alpha value is -3.19. The third kappa shape index (κ3) is 3.47. The fourth-order valence-corrected chi connectivity index (χ4v) is 1.98. The molecule has 0 amide bonds. The number of carbonyl (C=O) groups is 2. The van der Waals surface area contributed by atoms with Crippen LogP contribution < -0.4 is 0 Å². The number of aromatic carboxylic acids is 1. The lowest BCUT2D eigenvalue weighted by Crippen LogP contribution is -2.02. The normalized spacial score (nSPS) is 10.8. The Kier molecular flexibility index (Phi) is 4.50. The van der Waals surface area contributed by atoms with Crippen molar-refractivity contribution in [3.8, 4) is 6.07 Å². The average Bonchev–Trinajstić information content (AvgIpc) is 2.52. The van der Waals surface area contributed by atoms with Gasteiger partial charge in [-0.05, 0) is 36.8 Å². The molecule has 22 heavy (non-hydrogen) atoms. The number of benzene rings is 2. The van der Waals surface area contributed by atoms with Gasteiger partial charge in [0.15, 0.2) is 0 Å². The van der Waals surface area contributed by atoms with Gasteiger partial charge in [-0.15, -0.1) is 0 Å². The molecule has 0 fully saturated rings. The van der Waals surface area contributed by atoms with Crippen molar-refractivity contribution in [2.75, 3.05) is 0 Å². The second kappa shape index (κ2) is 6.51. The molecule has 108 valence electrons. The summed E-state index contributed by atoms with van der Waals surface area (Å²) in [6.07, 6.45) is 1.45. The minimum absolute atomic E-state index is 0.00803. The van der Waals surface area contributed by atoms with E-state index in [1.807, 2.05) is 19.1 Å². The molecule has 2 rings (SSSR count). The number of carboxylic acids is 1. The Balaban J connectivity index is 2.33. The molecule has 0 aromatic heterocycles. The van der Waals surface area contributed by atoms with E-state index in [2.05, 4.69) is 0 Å². The maximum absolute atomic E-state index is 12.3. The van der Waals surface area contributed by atoms with Crippen molar-refractivity contribution in [3.63, 3.8) is 0 Å². The Bertz CT molecular complexity index is 796. The van der Waals surface area contributed by atoms with Crippen LogP contribution in [0.15, 0.2) is 54.1 Å². The Morgan fingerprint density at radius 3 is 2.32 bits per heavy atom. The molecule has 1 N–H and O–H groups in total. The first-order valence-corrected chi connectivity index (χ1v) is 6.58. The van der Waals surface area contributed by atoms with Crippen LogP contribution in [-0.4, -0.2) is 16.9 Å². The number of aryl methyl sites for hydroxylation is 1. The summed E-state index contributed by atoms with van der Waals surface area (Å²) in [4.78, 5) is 23.1. The van der Waals surface area contributed by atoms with Crippen molar-refractivity contribution in [1.29, 1.82) is 5.26 Å². The zero-order chi connectivity index (χ0) is 16.1. The number of allylic oxidation sites excluding steroid dienone is 1. The van der Waals surface area contributed by atoms with Gasteiger partial charge >= 0.3 is 5.97 Å². The SMILES string of the molecule is Cc1cccc(C(=O)/C(C#N)=C/c2ccc(C(=O)O)cc2)c1. The van der Waals surface area contributed by atoms with Gasteiger partial charge < -0.3 is 5.11 Å². The molecule has 0 atom stereocenters. The predicted octanol–water partition coefficient (Wildman–Crippen LogP) is 3.48. The number of Topliss-reactive ketones (excluding diaryl/α,β-unsaturated/α-hetero) is 1. The van der Waals surface area contributed by atoms with Crippen LogP contribution in [-0.2, 0) is 0 Å². The minimum Gasteiger partial charge on any atom is -0.478 e. The lowest BCUT2D eigenvalue weighted by molar-refractivity contribution is 0.0696. The first-order valence-electron chi connectivity index (χ1n) is 6.58. The molecule has 0 heterocycles. The van der Waals surface area contributed by atoms with E-state index in [4.69, 9.17) is 5.11 Å². The molecule has 0 saturated carbocycles. The van der Waals surface area contributed by atoms with Gasteiger partial charge in [0.2, 0.25) is 5.78 Å². The third-order valence-electron chi connectivity index (χ3n) is 3.11. The lowest BCUT2D eigenvalue weighted by Gasteiger charge is -2.01. The van der Waals surface area contributed by atoms with Crippen LogP contribution in [0, 0.1) is 18.3 Å². The molecule has 0 saturated heterocycles. The van der Waals surface area contributed by atoms with E-state index in [9.17, 15) is 14.9 Å². The zero-order valence-corrected chi connectivity index (χ0v) is 11.9. The first kappa shape index (κ1) is 15.2. The van der Waals surface area contributed by atoms with Crippen molar-refractivity contribution in [1.82, 2.24) is 0 Å². The summed E-state index contributed by atoms with van der Waals surface area (Å²) in [5.41, 5.74) is 2.15. The van der Waals surface area contributed by atoms with E-state index in [-0.39, 0.29) is 16.9 Å². The highest BCUT2D eigenvalue weighted by molar-refractivity contribution is 6.14. The zero-order valence-electron chi connectivity index (χ0n) is 11.9. The number of carboxylic acid groups (broad SMARTS) is 1. The number of nitrogens with zero attached hydrogens (tertiary/aromatic N) is 1. The minimum atomic E-state index is -1.02. The van der Waals surface area contributed by atoms with Crippen molar-refractivity contribution in [3.05, 3.63) is 76.4 Å². The topological polar surface area (TPSA) is 78.2 Å². The van der Waals surface area contributed by atoms with Gasteiger partial charge in [-0.1, -0.05) is 35.9 Å². The van der Waals surface area contributed by atoms with E-state index < -0.39 is 5.97 Å². The molecular weight excluding hydrogens is 278 g/mol. The Labute approximate surface area is 127 Å². The van der Waals surface area contributed by atoms with Gasteiger partial charge in [-0.25, -0.2) is 4.79 Å². The van der Waals surface area contributed by atoms with Gasteiger partial charge in [0.1, 0.15) is 11.6 Å². The van der Waals surface area contributed by atoms with Crippen LogP contribution in [0.3, 0.4) is 0 Å². The second-order valence-corrected chi connectivity index (χ2v) is 4.80. The molecular formula is C18H13NO3. The van der Waals surface area contributed by atoms with Crippen molar-refractivity contribution in [2.24, 2.45) is 0 Å². The smallest absolute Gasteiger partial charge is 0.335 e. The van der Waals surface area contributed by atoms with E-state index in [1.54, 1.807) is 30.3 Å². The molecule has 0 unspecified atom stereocenters. The maximum Gasteiger partial charge on any atom is 0.335 e. The molecule has 2 aromatic rings. The molecule has 0 aliphatic rings. The highest BCUT2D eigenvalue weighted by Gasteiger charge is 2.12. The van der Waals surface area contributed by atoms with E-state index >= 15 is 0 Å². The van der Waals surface area contributed by atoms with Gasteiger partial charge in [0.25, 0.3) is 0 Å². The number of carbonyl (C=O) groups excluding carboxylic acids is 1. The summed E-state index contributed by atoms with van der Waals surface area (Å²) in [6.45, 7) is 1.87. The van der Waals surface area contributed by atoms with Crippen LogP contribution in [0.5, 0.6) is 0 Å². The van der Waals surface area contributed by atoms with E-state index in [0.29, 0.717) is 11.1 Å². The first-order chi connectivity index (χ1) is 10.5. The average molecular weight is 291 g/mol. The largest absolute Gasteiger partial charge is 0.478 e. The lowest BCUT2D eigenvalue weighted by atomic mass is 10.0. The van der Waals surface area contributed by atoms with Crippen LogP contribution in [0.4, 0.5) is 0 Å². The fourth-order valence-electron chi connectivity index (χ4n) is 1.98. The van der Waals surface area contributed by atoms with Crippen molar-refractivity contribution < 1.29 is 14.7 Å². The van der Waals surface area contributed by atoms with Crippen molar-refractivity contribution in [2.45, 2.75) is 6.92 Å². The number of ketones is 1. The van der Waals surface area contributed by atoms with Gasteiger partial charge in [-0.3, -0.25) is 4.79 Å². The predicted molar refractivity (Wildman–Crippen MR) is 82.5 cm³/mol. The molecule has 0 bridgehead atoms. The van der Waals surface area contributed by atoms with Crippen LogP contribution in [0.2, 0.25) is 0 Å². The number of rotatable bonds is 4. The molecule has 0 spiro atoms. The molecule has 4 heteroatoms. The van der Waals surface area contributed by atoms with Crippen molar-refractivity contribution >= 4 is 17.8 Å². The quantitative estimate of drug-likeness (QED) is 0.531. The van der Waals surface area contributed by atoms with Gasteiger partial charge in [-0.2, -0.15) is 5.26 Å². The Morgan fingerprint density at radius 2 is 1.77 bits per heavy atom. The summed E-state index contributed by atoms with van der Waals surface area (Å²) >= 11 is 0. The fraction of sp³-hybridized carbons (Fsp3) is 0.0556. The summed E-state index contributed by atoms with van der Waals surface area (Å²) in [5, 5.41) is 18.0. The van der Waals surface area contributed by atoms with Crippen LogP contribution in [0.25, 0.3) is 6.08 Å². The molecule has 0 aliphatic heterocycles. The number of nitriles is 1. The summed E-state index contributed by atoms with van der Waals surface area (Å²) in [6, 6.07) is 14.9. The molecule has 0 radical (unpaired) electrons. The van der Waals surface area contributed by atoms with E-state index in [1.165, 1.54) is 18.2 Å². The van der Waals surface area contributed by atoms with Crippen LogP contribution in [0.1, 0.15) is 31.8 Å². The molecule has 0 aliphatic carbocycles. The van der Waals surface area contributed by atoms with Gasteiger partial charge in [0, 0.05) is 5.56 Å². The standard InChI is InChI=1S/C18H13NO3/c1-12-3-2-4-15(9-12)17(20)16(11-19)10-13-5-7-14(8-6-13)18(21)22/h2-10H,1H3,(H,21,22)/b16-10+. The van der Waals surface area contributed by atoms with Gasteiger partial charge in [0.05, 0.1) is 5.56 Å². The van der Waals surface area contributed by atoms with E-state index in [0.717, 1.165) is 5.56 Å². The second-order valence-electron chi connectivity index (χ2n) is 4.80. The maximum atomic E-state index is 12.3. The number of hydrogen-bond donors (Lipinski definition) is 1. The Morgan fingerprint density at radius 1 is 1.09 bits per heavy atom. The number of hydrogen-bond acceptors (Lipinski definition) is 3. The highest BCUT2D eigenvalue weighted by atomic mass is 16.4.